The van der Waals surface area contributed by atoms with E-state index in [2.05, 4.69) is 5.32 Å². The maximum absolute atomic E-state index is 13.2. The number of ether oxygens (including phenoxy) is 2. The quantitative estimate of drug-likeness (QED) is 0.924. The molecule has 1 atom stereocenters. The minimum Gasteiger partial charge on any atom is -0.454 e. The smallest absolute Gasteiger partial charge is 0.231 e. The highest BCUT2D eigenvalue weighted by molar-refractivity contribution is 5.56. The van der Waals surface area contributed by atoms with Crippen LogP contribution in [0.15, 0.2) is 36.4 Å². The van der Waals surface area contributed by atoms with E-state index in [1.165, 1.54) is 12.1 Å². The van der Waals surface area contributed by atoms with Crippen molar-refractivity contribution >= 4 is 5.69 Å². The molecule has 1 heterocycles. The average molecular weight is 277 g/mol. The normalized spacial score (nSPS) is 14.2. The molecule has 0 bridgehead atoms. The van der Waals surface area contributed by atoms with Gasteiger partial charge in [-0.1, -0.05) is 0 Å². The zero-order valence-corrected chi connectivity index (χ0v) is 10.8. The Balaban J connectivity index is 1.80. The number of anilines is 1. The zero-order chi connectivity index (χ0) is 14.1. The van der Waals surface area contributed by atoms with Gasteiger partial charge in [-0.3, -0.25) is 0 Å². The first-order chi connectivity index (χ1) is 9.61. The summed E-state index contributed by atoms with van der Waals surface area (Å²) in [5, 5.41) is 3.17. The molecule has 1 unspecified atom stereocenters. The van der Waals surface area contributed by atoms with Crippen molar-refractivity contribution in [3.05, 3.63) is 53.6 Å². The maximum Gasteiger partial charge on any atom is 0.231 e. The topological polar surface area (TPSA) is 30.5 Å². The predicted octanol–water partition coefficient (Wildman–Crippen LogP) is 3.87. The van der Waals surface area contributed by atoms with E-state index >= 15 is 0 Å². The molecule has 2 aromatic carbocycles. The number of hydrogen-bond acceptors (Lipinski definition) is 3. The van der Waals surface area contributed by atoms with Crippen LogP contribution in [0.1, 0.15) is 18.5 Å². The van der Waals surface area contributed by atoms with Gasteiger partial charge in [-0.05, 0) is 36.8 Å². The molecule has 5 heteroatoms. The van der Waals surface area contributed by atoms with Crippen LogP contribution in [0.4, 0.5) is 14.5 Å². The van der Waals surface area contributed by atoms with Gasteiger partial charge in [0, 0.05) is 23.9 Å². The maximum atomic E-state index is 13.2. The third-order valence-corrected chi connectivity index (χ3v) is 3.14. The Bertz CT molecular complexity index is 626. The molecule has 20 heavy (non-hydrogen) atoms. The molecule has 0 radical (unpaired) electrons. The van der Waals surface area contributed by atoms with Crippen LogP contribution in [0, 0.1) is 11.6 Å². The lowest BCUT2D eigenvalue weighted by atomic mass is 10.1. The van der Waals surface area contributed by atoms with Gasteiger partial charge in [-0.2, -0.15) is 0 Å². The fraction of sp³-hybridized carbons (Fsp3) is 0.200. The molecule has 0 aromatic heterocycles. The van der Waals surface area contributed by atoms with Gasteiger partial charge in [-0.25, -0.2) is 8.78 Å². The number of fused-ring (bicyclic) bond motifs is 1. The highest BCUT2D eigenvalue weighted by Crippen LogP contribution is 2.35. The molecule has 0 amide bonds. The van der Waals surface area contributed by atoms with Gasteiger partial charge in [-0.15, -0.1) is 0 Å². The molecule has 2 aromatic rings. The van der Waals surface area contributed by atoms with Crippen molar-refractivity contribution in [1.82, 2.24) is 0 Å². The summed E-state index contributed by atoms with van der Waals surface area (Å²) in [6.07, 6.45) is 0. The van der Waals surface area contributed by atoms with E-state index in [9.17, 15) is 8.78 Å². The molecule has 1 aliphatic rings. The van der Waals surface area contributed by atoms with Gasteiger partial charge in [0.2, 0.25) is 6.79 Å². The van der Waals surface area contributed by atoms with Crippen LogP contribution in [0.25, 0.3) is 0 Å². The molecule has 1 aliphatic heterocycles. The van der Waals surface area contributed by atoms with Gasteiger partial charge < -0.3 is 14.8 Å². The number of hydrogen-bond donors (Lipinski definition) is 1. The third-order valence-electron chi connectivity index (χ3n) is 3.14. The first-order valence-electron chi connectivity index (χ1n) is 6.24. The Hall–Kier alpha value is -2.30. The standard InChI is InChI=1S/C15H13F2NO2/c1-9(10-4-11(16)6-12(17)5-10)18-13-2-3-14-15(7-13)20-8-19-14/h2-7,9,18H,8H2,1H3. The molecule has 3 nitrogen and oxygen atoms in total. The lowest BCUT2D eigenvalue weighted by Crippen LogP contribution is -2.07. The van der Waals surface area contributed by atoms with Crippen LogP contribution >= 0.6 is 0 Å². The summed E-state index contributed by atoms with van der Waals surface area (Å²) < 4.78 is 36.9. The summed E-state index contributed by atoms with van der Waals surface area (Å²) >= 11 is 0. The lowest BCUT2D eigenvalue weighted by Gasteiger charge is -2.16. The molecular formula is C15H13F2NO2. The minimum absolute atomic E-state index is 0.212. The SMILES string of the molecule is CC(Nc1ccc2c(c1)OCO2)c1cc(F)cc(F)c1. The molecule has 1 N–H and O–H groups in total. The molecular weight excluding hydrogens is 264 g/mol. The van der Waals surface area contributed by atoms with Gasteiger partial charge >= 0.3 is 0 Å². The molecule has 0 spiro atoms. The van der Waals surface area contributed by atoms with E-state index < -0.39 is 11.6 Å². The van der Waals surface area contributed by atoms with Gasteiger partial charge in [0.15, 0.2) is 11.5 Å². The number of rotatable bonds is 3. The van der Waals surface area contributed by atoms with Crippen LogP contribution in [0.5, 0.6) is 11.5 Å². The van der Waals surface area contributed by atoms with Crippen molar-refractivity contribution in [1.29, 1.82) is 0 Å². The van der Waals surface area contributed by atoms with Crippen LogP contribution < -0.4 is 14.8 Å². The van der Waals surface area contributed by atoms with Crippen molar-refractivity contribution in [3.63, 3.8) is 0 Å². The summed E-state index contributed by atoms with van der Waals surface area (Å²) in [7, 11) is 0. The molecule has 0 fully saturated rings. The van der Waals surface area contributed by atoms with Crippen molar-refractivity contribution in [2.45, 2.75) is 13.0 Å². The second-order valence-corrected chi connectivity index (χ2v) is 4.64. The predicted molar refractivity (Wildman–Crippen MR) is 71.0 cm³/mol. The Kier molecular flexibility index (Phi) is 3.18. The zero-order valence-electron chi connectivity index (χ0n) is 10.8. The van der Waals surface area contributed by atoms with Gasteiger partial charge in [0.25, 0.3) is 0 Å². The van der Waals surface area contributed by atoms with Crippen LogP contribution in [-0.2, 0) is 0 Å². The van der Waals surface area contributed by atoms with E-state index in [1.807, 2.05) is 13.0 Å². The van der Waals surface area contributed by atoms with Gasteiger partial charge in [0.1, 0.15) is 11.6 Å². The molecule has 0 saturated heterocycles. The Morgan fingerprint density at radius 3 is 2.45 bits per heavy atom. The van der Waals surface area contributed by atoms with E-state index in [-0.39, 0.29) is 12.8 Å². The second kappa shape index (κ2) is 5.00. The molecule has 3 rings (SSSR count). The Labute approximate surface area is 115 Å². The third kappa shape index (κ3) is 2.52. The highest BCUT2D eigenvalue weighted by Gasteiger charge is 2.15. The first-order valence-corrected chi connectivity index (χ1v) is 6.24. The summed E-state index contributed by atoms with van der Waals surface area (Å²) in [6.45, 7) is 2.04. The van der Waals surface area contributed by atoms with E-state index in [1.54, 1.807) is 12.1 Å². The van der Waals surface area contributed by atoms with Crippen LogP contribution in [-0.4, -0.2) is 6.79 Å². The fourth-order valence-electron chi connectivity index (χ4n) is 2.14. The largest absolute Gasteiger partial charge is 0.454 e. The monoisotopic (exact) mass is 277 g/mol. The van der Waals surface area contributed by atoms with E-state index in [4.69, 9.17) is 9.47 Å². The molecule has 0 aliphatic carbocycles. The highest BCUT2D eigenvalue weighted by atomic mass is 19.1. The number of nitrogens with one attached hydrogen (secondary N) is 1. The Morgan fingerprint density at radius 1 is 1.00 bits per heavy atom. The Morgan fingerprint density at radius 2 is 1.70 bits per heavy atom. The average Bonchev–Trinajstić information content (AvgIpc) is 2.85. The van der Waals surface area contributed by atoms with Crippen molar-refractivity contribution < 1.29 is 18.3 Å². The van der Waals surface area contributed by atoms with Gasteiger partial charge in [0.05, 0.1) is 0 Å². The van der Waals surface area contributed by atoms with E-state index in [0.29, 0.717) is 17.1 Å². The number of halogens is 2. The minimum atomic E-state index is -0.584. The summed E-state index contributed by atoms with van der Waals surface area (Å²) in [4.78, 5) is 0. The molecule has 104 valence electrons. The molecule has 0 saturated carbocycles. The summed E-state index contributed by atoms with van der Waals surface area (Å²) in [5.41, 5.74) is 1.34. The van der Waals surface area contributed by atoms with Crippen molar-refractivity contribution in [2.24, 2.45) is 0 Å². The second-order valence-electron chi connectivity index (χ2n) is 4.64. The first kappa shape index (κ1) is 12.7. The van der Waals surface area contributed by atoms with E-state index in [0.717, 1.165) is 11.8 Å². The van der Waals surface area contributed by atoms with Crippen molar-refractivity contribution in [3.8, 4) is 11.5 Å². The van der Waals surface area contributed by atoms with Crippen molar-refractivity contribution in [2.75, 3.05) is 12.1 Å². The number of benzene rings is 2. The summed E-state index contributed by atoms with van der Waals surface area (Å²) in [5.74, 6) is 0.186. The van der Waals surface area contributed by atoms with Crippen LogP contribution in [0.2, 0.25) is 0 Å². The van der Waals surface area contributed by atoms with Crippen LogP contribution in [0.3, 0.4) is 0 Å². The lowest BCUT2D eigenvalue weighted by molar-refractivity contribution is 0.174. The summed E-state index contributed by atoms with van der Waals surface area (Å²) in [6, 6.07) is 8.68. The fourth-order valence-corrected chi connectivity index (χ4v) is 2.14.